The van der Waals surface area contributed by atoms with Gasteiger partial charge in [-0.3, -0.25) is 0 Å². The number of hydrogen-bond donors (Lipinski definition) is 1. The molecule has 13 heavy (non-hydrogen) atoms. The minimum Gasteiger partial charge on any atom is -0.469 e. The van der Waals surface area contributed by atoms with E-state index >= 15 is 0 Å². The number of hydrogen-bond acceptors (Lipinski definition) is 4. The molecule has 0 aliphatic rings. The molecule has 2 N–H and O–H groups in total. The number of rotatable bonds is 3. The largest absolute Gasteiger partial charge is 0.469 e. The van der Waals surface area contributed by atoms with Crippen molar-refractivity contribution in [3.8, 4) is 0 Å². The van der Waals surface area contributed by atoms with Crippen molar-refractivity contribution >= 4 is 6.01 Å². The Kier molecular flexibility index (Phi) is 2.04. The molecule has 0 atom stereocenters. The Morgan fingerprint density at radius 2 is 2.15 bits per heavy atom. The summed E-state index contributed by atoms with van der Waals surface area (Å²) in [6, 6.07) is 4.01. The van der Waals surface area contributed by atoms with Crippen LogP contribution in [0.2, 0.25) is 0 Å². The van der Waals surface area contributed by atoms with Gasteiger partial charge in [-0.2, -0.15) is 0 Å². The molecule has 0 fully saturated rings. The SMILES string of the molecule is Nc1ncc(CCc2ccco2)o1. The topological polar surface area (TPSA) is 65.2 Å². The van der Waals surface area contributed by atoms with Crippen LogP contribution >= 0.6 is 0 Å². The third kappa shape index (κ3) is 1.90. The lowest BCUT2D eigenvalue weighted by Crippen LogP contribution is -1.86. The Bertz CT molecular complexity index is 365. The Morgan fingerprint density at radius 3 is 2.77 bits per heavy atom. The molecule has 2 rings (SSSR count). The van der Waals surface area contributed by atoms with E-state index in [9.17, 15) is 0 Å². The number of furan rings is 1. The first-order chi connectivity index (χ1) is 6.34. The Balaban J connectivity index is 1.93. The third-order valence-electron chi connectivity index (χ3n) is 1.77. The molecular weight excluding hydrogens is 168 g/mol. The maximum absolute atomic E-state index is 5.33. The predicted octanol–water partition coefficient (Wildman–Crippen LogP) is 1.64. The summed E-state index contributed by atoms with van der Waals surface area (Å²) in [7, 11) is 0. The zero-order valence-corrected chi connectivity index (χ0v) is 7.06. The van der Waals surface area contributed by atoms with Gasteiger partial charge in [0.1, 0.15) is 11.5 Å². The van der Waals surface area contributed by atoms with Gasteiger partial charge >= 0.3 is 0 Å². The number of oxazole rings is 1. The highest BCUT2D eigenvalue weighted by Crippen LogP contribution is 2.09. The average molecular weight is 178 g/mol. The lowest BCUT2D eigenvalue weighted by atomic mass is 10.2. The van der Waals surface area contributed by atoms with Crippen LogP contribution < -0.4 is 5.73 Å². The fourth-order valence-corrected chi connectivity index (χ4v) is 1.14. The van der Waals surface area contributed by atoms with Crippen LogP contribution in [-0.4, -0.2) is 4.98 Å². The van der Waals surface area contributed by atoms with Gasteiger partial charge in [0.25, 0.3) is 6.01 Å². The normalized spacial score (nSPS) is 10.5. The van der Waals surface area contributed by atoms with Gasteiger partial charge in [0.2, 0.25) is 0 Å². The van der Waals surface area contributed by atoms with Crippen LogP contribution in [0.3, 0.4) is 0 Å². The summed E-state index contributed by atoms with van der Waals surface area (Å²) in [5.74, 6) is 1.73. The minimum absolute atomic E-state index is 0.217. The van der Waals surface area contributed by atoms with Crippen molar-refractivity contribution in [2.24, 2.45) is 0 Å². The van der Waals surface area contributed by atoms with E-state index in [1.807, 2.05) is 12.1 Å². The van der Waals surface area contributed by atoms with Crippen molar-refractivity contribution in [1.29, 1.82) is 0 Å². The average Bonchev–Trinajstić information content (AvgIpc) is 2.71. The molecular formula is C9H10N2O2. The summed E-state index contributed by atoms with van der Waals surface area (Å²) in [5.41, 5.74) is 5.33. The first-order valence-electron chi connectivity index (χ1n) is 4.07. The second-order valence-corrected chi connectivity index (χ2v) is 2.74. The molecule has 4 heteroatoms. The molecule has 0 amide bonds. The predicted molar refractivity (Wildman–Crippen MR) is 47.0 cm³/mol. The van der Waals surface area contributed by atoms with Gasteiger partial charge in [-0.15, -0.1) is 0 Å². The van der Waals surface area contributed by atoms with Gasteiger partial charge in [0, 0.05) is 12.8 Å². The van der Waals surface area contributed by atoms with E-state index < -0.39 is 0 Å². The van der Waals surface area contributed by atoms with Crippen LogP contribution in [0.4, 0.5) is 6.01 Å². The summed E-state index contributed by atoms with van der Waals surface area (Å²) in [6.07, 6.45) is 4.86. The third-order valence-corrected chi connectivity index (χ3v) is 1.77. The number of aromatic nitrogens is 1. The molecule has 0 radical (unpaired) electrons. The standard InChI is InChI=1S/C9H10N2O2/c10-9-11-6-8(13-9)4-3-7-2-1-5-12-7/h1-2,5-6H,3-4H2,(H2,10,11). The second-order valence-electron chi connectivity index (χ2n) is 2.74. The first-order valence-corrected chi connectivity index (χ1v) is 4.07. The fraction of sp³-hybridized carbons (Fsp3) is 0.222. The molecule has 4 nitrogen and oxygen atoms in total. The highest BCUT2D eigenvalue weighted by atomic mass is 16.4. The van der Waals surface area contributed by atoms with Gasteiger partial charge in [-0.1, -0.05) is 0 Å². The molecule has 0 unspecified atom stereocenters. The summed E-state index contributed by atoms with van der Waals surface area (Å²) < 4.78 is 10.3. The summed E-state index contributed by atoms with van der Waals surface area (Å²) >= 11 is 0. The molecule has 2 aromatic rings. The number of nitrogens with zero attached hydrogens (tertiary/aromatic N) is 1. The smallest absolute Gasteiger partial charge is 0.292 e. The van der Waals surface area contributed by atoms with Crippen LogP contribution in [0.5, 0.6) is 0 Å². The van der Waals surface area contributed by atoms with Crippen LogP contribution in [0.1, 0.15) is 11.5 Å². The van der Waals surface area contributed by atoms with Crippen molar-refractivity contribution in [3.63, 3.8) is 0 Å². The number of nitrogens with two attached hydrogens (primary N) is 1. The van der Waals surface area contributed by atoms with Crippen molar-refractivity contribution in [2.45, 2.75) is 12.8 Å². The van der Waals surface area contributed by atoms with Gasteiger partial charge in [0.15, 0.2) is 0 Å². The highest BCUT2D eigenvalue weighted by Gasteiger charge is 2.02. The Labute approximate surface area is 75.4 Å². The molecule has 2 aromatic heterocycles. The van der Waals surface area contributed by atoms with E-state index in [1.54, 1.807) is 12.5 Å². The van der Waals surface area contributed by atoms with Crippen LogP contribution in [0.25, 0.3) is 0 Å². The second kappa shape index (κ2) is 3.35. The van der Waals surface area contributed by atoms with Crippen LogP contribution in [0.15, 0.2) is 33.4 Å². The van der Waals surface area contributed by atoms with E-state index in [0.29, 0.717) is 0 Å². The van der Waals surface area contributed by atoms with Gasteiger partial charge in [-0.05, 0) is 12.1 Å². The summed E-state index contributed by atoms with van der Waals surface area (Å²) in [5, 5.41) is 0. The zero-order valence-electron chi connectivity index (χ0n) is 7.06. The lowest BCUT2D eigenvalue weighted by Gasteiger charge is -1.92. The quantitative estimate of drug-likeness (QED) is 0.775. The maximum Gasteiger partial charge on any atom is 0.292 e. The van der Waals surface area contributed by atoms with Gasteiger partial charge in [0.05, 0.1) is 12.5 Å². The Morgan fingerprint density at radius 1 is 1.31 bits per heavy atom. The zero-order chi connectivity index (χ0) is 9.10. The molecule has 0 spiro atoms. The van der Waals surface area contributed by atoms with E-state index in [-0.39, 0.29) is 6.01 Å². The molecule has 0 bridgehead atoms. The molecule has 0 aliphatic heterocycles. The van der Waals surface area contributed by atoms with E-state index in [1.165, 1.54) is 0 Å². The van der Waals surface area contributed by atoms with Crippen LogP contribution in [-0.2, 0) is 12.8 Å². The van der Waals surface area contributed by atoms with Crippen molar-refractivity contribution in [3.05, 3.63) is 36.1 Å². The molecule has 2 heterocycles. The van der Waals surface area contributed by atoms with E-state index in [4.69, 9.17) is 14.6 Å². The Hall–Kier alpha value is -1.71. The van der Waals surface area contributed by atoms with Crippen LogP contribution in [0, 0.1) is 0 Å². The highest BCUT2D eigenvalue weighted by molar-refractivity contribution is 5.12. The summed E-state index contributed by atoms with van der Waals surface area (Å²) in [6.45, 7) is 0. The molecule has 0 saturated carbocycles. The van der Waals surface area contributed by atoms with Crippen molar-refractivity contribution in [2.75, 3.05) is 5.73 Å². The van der Waals surface area contributed by atoms with E-state index in [0.717, 1.165) is 24.4 Å². The fourth-order valence-electron chi connectivity index (χ4n) is 1.14. The number of nitrogen functional groups attached to an aromatic ring is 1. The summed E-state index contributed by atoms with van der Waals surface area (Å²) in [4.78, 5) is 3.80. The molecule has 0 saturated heterocycles. The number of anilines is 1. The monoisotopic (exact) mass is 178 g/mol. The van der Waals surface area contributed by atoms with Gasteiger partial charge in [-0.25, -0.2) is 4.98 Å². The maximum atomic E-state index is 5.33. The lowest BCUT2D eigenvalue weighted by molar-refractivity contribution is 0.481. The molecule has 0 aliphatic carbocycles. The minimum atomic E-state index is 0.217. The number of aryl methyl sites for hydroxylation is 2. The molecule has 0 aromatic carbocycles. The van der Waals surface area contributed by atoms with Crippen molar-refractivity contribution < 1.29 is 8.83 Å². The van der Waals surface area contributed by atoms with Gasteiger partial charge < -0.3 is 14.6 Å². The van der Waals surface area contributed by atoms with Crippen molar-refractivity contribution in [1.82, 2.24) is 4.98 Å². The van der Waals surface area contributed by atoms with E-state index in [2.05, 4.69) is 4.98 Å². The molecule has 68 valence electrons. The first kappa shape index (κ1) is 7.91.